The van der Waals surface area contributed by atoms with E-state index in [0.717, 1.165) is 6.54 Å². The summed E-state index contributed by atoms with van der Waals surface area (Å²) in [5, 5.41) is 7.11. The Balaban J connectivity index is 2.18. The molecule has 1 saturated heterocycles. The van der Waals surface area contributed by atoms with Crippen molar-refractivity contribution < 1.29 is 0 Å². The lowest BCUT2D eigenvalue weighted by Gasteiger charge is -2.31. The number of piperidine rings is 1. The molecule has 1 aromatic carbocycles. The minimum atomic E-state index is 0.439. The van der Waals surface area contributed by atoms with Crippen molar-refractivity contribution in [2.24, 2.45) is 0 Å². The number of hydrogen-bond donors (Lipinski definition) is 2. The predicted molar refractivity (Wildman–Crippen MR) is 73.4 cm³/mol. The maximum absolute atomic E-state index is 3.64. The summed E-state index contributed by atoms with van der Waals surface area (Å²) in [5.74, 6) is 0. The van der Waals surface area contributed by atoms with Gasteiger partial charge in [0.05, 0.1) is 0 Å². The molecule has 17 heavy (non-hydrogen) atoms. The van der Waals surface area contributed by atoms with Crippen molar-refractivity contribution in [2.45, 2.75) is 45.2 Å². The zero-order valence-corrected chi connectivity index (χ0v) is 11.2. The van der Waals surface area contributed by atoms with Crippen molar-refractivity contribution in [2.75, 3.05) is 13.6 Å². The zero-order chi connectivity index (χ0) is 12.3. The maximum atomic E-state index is 3.64. The Labute approximate surface area is 105 Å². The van der Waals surface area contributed by atoms with Crippen LogP contribution in [-0.4, -0.2) is 19.6 Å². The van der Waals surface area contributed by atoms with Gasteiger partial charge in [0.25, 0.3) is 0 Å². The first-order valence-corrected chi connectivity index (χ1v) is 6.70. The van der Waals surface area contributed by atoms with E-state index in [4.69, 9.17) is 0 Å². The molecule has 0 aromatic heterocycles. The summed E-state index contributed by atoms with van der Waals surface area (Å²) in [7, 11) is 2.07. The Morgan fingerprint density at radius 3 is 2.65 bits per heavy atom. The lowest BCUT2D eigenvalue weighted by atomic mass is 9.91. The van der Waals surface area contributed by atoms with Crippen LogP contribution in [0.25, 0.3) is 0 Å². The van der Waals surface area contributed by atoms with Crippen LogP contribution in [-0.2, 0) is 0 Å². The average Bonchev–Trinajstić information content (AvgIpc) is 2.36. The smallest absolute Gasteiger partial charge is 0.0473 e. The van der Waals surface area contributed by atoms with Gasteiger partial charge in [-0.2, -0.15) is 0 Å². The van der Waals surface area contributed by atoms with Crippen LogP contribution < -0.4 is 10.6 Å². The van der Waals surface area contributed by atoms with Gasteiger partial charge in [-0.05, 0) is 57.0 Å². The van der Waals surface area contributed by atoms with Gasteiger partial charge in [-0.1, -0.05) is 24.6 Å². The zero-order valence-electron chi connectivity index (χ0n) is 11.2. The molecule has 1 fully saturated rings. The van der Waals surface area contributed by atoms with Crippen molar-refractivity contribution in [3.8, 4) is 0 Å². The van der Waals surface area contributed by atoms with Crippen LogP contribution in [0.5, 0.6) is 0 Å². The van der Waals surface area contributed by atoms with Crippen molar-refractivity contribution in [3.05, 3.63) is 34.9 Å². The van der Waals surface area contributed by atoms with Crippen molar-refractivity contribution in [1.82, 2.24) is 10.6 Å². The van der Waals surface area contributed by atoms with E-state index in [9.17, 15) is 0 Å². The van der Waals surface area contributed by atoms with E-state index in [1.165, 1.54) is 36.0 Å². The second-order valence-corrected chi connectivity index (χ2v) is 5.17. The highest BCUT2D eigenvalue weighted by Gasteiger charge is 2.23. The SMILES string of the molecule is CNC(c1ccc(C)c(C)c1)C1CCCCN1. The van der Waals surface area contributed by atoms with Gasteiger partial charge in [0, 0.05) is 12.1 Å². The molecular formula is C15H24N2. The molecule has 0 radical (unpaired) electrons. The molecule has 0 aliphatic carbocycles. The molecule has 0 bridgehead atoms. The van der Waals surface area contributed by atoms with Gasteiger partial charge < -0.3 is 10.6 Å². The lowest BCUT2D eigenvalue weighted by Crippen LogP contribution is -2.43. The molecular weight excluding hydrogens is 208 g/mol. The first-order valence-electron chi connectivity index (χ1n) is 6.70. The van der Waals surface area contributed by atoms with E-state index in [2.05, 4.69) is 49.7 Å². The maximum Gasteiger partial charge on any atom is 0.0473 e. The number of rotatable bonds is 3. The van der Waals surface area contributed by atoms with Crippen LogP contribution in [0.4, 0.5) is 0 Å². The Bertz CT molecular complexity index is 367. The third-order valence-electron chi connectivity index (χ3n) is 3.95. The highest BCUT2D eigenvalue weighted by molar-refractivity contribution is 5.32. The summed E-state index contributed by atoms with van der Waals surface area (Å²) >= 11 is 0. The molecule has 1 aromatic rings. The topological polar surface area (TPSA) is 24.1 Å². The molecule has 2 rings (SSSR count). The molecule has 1 heterocycles. The lowest BCUT2D eigenvalue weighted by molar-refractivity contribution is 0.326. The summed E-state index contributed by atoms with van der Waals surface area (Å²) in [5.41, 5.74) is 4.17. The molecule has 2 nitrogen and oxygen atoms in total. The summed E-state index contributed by atoms with van der Waals surface area (Å²) < 4.78 is 0. The van der Waals surface area contributed by atoms with Crippen LogP contribution in [0.15, 0.2) is 18.2 Å². The molecule has 1 aliphatic heterocycles. The van der Waals surface area contributed by atoms with Crippen molar-refractivity contribution >= 4 is 0 Å². The molecule has 2 heteroatoms. The van der Waals surface area contributed by atoms with Crippen LogP contribution in [0.3, 0.4) is 0 Å². The summed E-state index contributed by atoms with van der Waals surface area (Å²) in [6, 6.07) is 7.84. The summed E-state index contributed by atoms with van der Waals surface area (Å²) in [6.07, 6.45) is 3.94. The number of hydrogen-bond acceptors (Lipinski definition) is 2. The fraction of sp³-hybridized carbons (Fsp3) is 0.600. The van der Waals surface area contributed by atoms with E-state index < -0.39 is 0 Å². The molecule has 0 amide bonds. The molecule has 0 spiro atoms. The van der Waals surface area contributed by atoms with Gasteiger partial charge >= 0.3 is 0 Å². The first-order chi connectivity index (χ1) is 8.22. The Morgan fingerprint density at radius 2 is 2.06 bits per heavy atom. The quantitative estimate of drug-likeness (QED) is 0.837. The third-order valence-corrected chi connectivity index (χ3v) is 3.95. The van der Waals surface area contributed by atoms with Crippen molar-refractivity contribution in [1.29, 1.82) is 0 Å². The van der Waals surface area contributed by atoms with Gasteiger partial charge in [-0.15, -0.1) is 0 Å². The Kier molecular flexibility index (Phi) is 4.19. The summed E-state index contributed by atoms with van der Waals surface area (Å²) in [6.45, 7) is 5.53. The highest BCUT2D eigenvalue weighted by Crippen LogP contribution is 2.24. The van der Waals surface area contributed by atoms with Crippen LogP contribution >= 0.6 is 0 Å². The van der Waals surface area contributed by atoms with E-state index in [1.807, 2.05) is 0 Å². The number of aryl methyl sites for hydroxylation is 2. The second kappa shape index (κ2) is 5.65. The molecule has 2 unspecified atom stereocenters. The fourth-order valence-corrected chi connectivity index (χ4v) is 2.72. The van der Waals surface area contributed by atoms with Crippen molar-refractivity contribution in [3.63, 3.8) is 0 Å². The normalized spacial score (nSPS) is 22.4. The standard InChI is InChI=1S/C15H24N2/c1-11-7-8-13(10-12(11)2)15(16-3)14-6-4-5-9-17-14/h7-8,10,14-17H,4-6,9H2,1-3H3. The average molecular weight is 232 g/mol. The highest BCUT2D eigenvalue weighted by atomic mass is 15.0. The van der Waals surface area contributed by atoms with E-state index in [1.54, 1.807) is 0 Å². The fourth-order valence-electron chi connectivity index (χ4n) is 2.72. The molecule has 0 saturated carbocycles. The van der Waals surface area contributed by atoms with E-state index in [0.29, 0.717) is 12.1 Å². The summed E-state index contributed by atoms with van der Waals surface area (Å²) in [4.78, 5) is 0. The monoisotopic (exact) mass is 232 g/mol. The molecule has 1 aliphatic rings. The second-order valence-electron chi connectivity index (χ2n) is 5.17. The van der Waals surface area contributed by atoms with E-state index >= 15 is 0 Å². The first kappa shape index (κ1) is 12.6. The number of likely N-dealkylation sites (N-methyl/N-ethyl adjacent to an activating group) is 1. The van der Waals surface area contributed by atoms with Gasteiger partial charge in [0.15, 0.2) is 0 Å². The molecule has 2 N–H and O–H groups in total. The Hall–Kier alpha value is -0.860. The minimum Gasteiger partial charge on any atom is -0.312 e. The largest absolute Gasteiger partial charge is 0.312 e. The van der Waals surface area contributed by atoms with Gasteiger partial charge in [-0.25, -0.2) is 0 Å². The van der Waals surface area contributed by atoms with Gasteiger partial charge in [0.1, 0.15) is 0 Å². The molecule has 94 valence electrons. The molecule has 2 atom stereocenters. The third kappa shape index (κ3) is 2.88. The van der Waals surface area contributed by atoms with Gasteiger partial charge in [0.2, 0.25) is 0 Å². The Morgan fingerprint density at radius 1 is 1.24 bits per heavy atom. The minimum absolute atomic E-state index is 0.439. The predicted octanol–water partition coefficient (Wildman–Crippen LogP) is 2.71. The van der Waals surface area contributed by atoms with Crippen LogP contribution in [0, 0.1) is 13.8 Å². The van der Waals surface area contributed by atoms with Gasteiger partial charge in [-0.3, -0.25) is 0 Å². The number of nitrogens with one attached hydrogen (secondary N) is 2. The number of benzene rings is 1. The van der Waals surface area contributed by atoms with Crippen LogP contribution in [0.1, 0.15) is 42.0 Å². The van der Waals surface area contributed by atoms with E-state index in [-0.39, 0.29) is 0 Å². The van der Waals surface area contributed by atoms with Crippen LogP contribution in [0.2, 0.25) is 0 Å².